The van der Waals surface area contributed by atoms with Crippen LogP contribution in [-0.2, 0) is 11.3 Å². The van der Waals surface area contributed by atoms with Crippen molar-refractivity contribution in [1.82, 2.24) is 5.32 Å². The molecule has 1 fully saturated rings. The first-order valence-corrected chi connectivity index (χ1v) is 7.25. The van der Waals surface area contributed by atoms with Crippen molar-refractivity contribution in [2.24, 2.45) is 0 Å². The molecular weight excluding hydrogens is 254 g/mol. The topological polar surface area (TPSA) is 39.7 Å². The second-order valence-corrected chi connectivity index (χ2v) is 5.24. The molecule has 0 amide bonds. The minimum atomic E-state index is 0.337. The molecule has 0 saturated heterocycles. The van der Waals surface area contributed by atoms with Crippen LogP contribution in [0.3, 0.4) is 0 Å². The van der Waals surface area contributed by atoms with Gasteiger partial charge in [-0.05, 0) is 30.5 Å². The summed E-state index contributed by atoms with van der Waals surface area (Å²) in [7, 11) is 5.12. The number of rotatable bonds is 6. The maximum atomic E-state index is 5.57. The van der Waals surface area contributed by atoms with Gasteiger partial charge in [-0.3, -0.25) is 0 Å². The molecule has 4 heteroatoms. The number of ether oxygens (including phenoxy) is 3. The van der Waals surface area contributed by atoms with Crippen molar-refractivity contribution in [3.05, 3.63) is 23.8 Å². The van der Waals surface area contributed by atoms with Crippen LogP contribution in [0.2, 0.25) is 0 Å². The van der Waals surface area contributed by atoms with Crippen LogP contribution in [0.1, 0.15) is 31.2 Å². The van der Waals surface area contributed by atoms with Gasteiger partial charge < -0.3 is 19.5 Å². The van der Waals surface area contributed by atoms with Crippen LogP contribution in [0.25, 0.3) is 0 Å². The van der Waals surface area contributed by atoms with E-state index in [-0.39, 0.29) is 0 Å². The van der Waals surface area contributed by atoms with Gasteiger partial charge in [-0.15, -0.1) is 0 Å². The molecule has 0 aliphatic heterocycles. The van der Waals surface area contributed by atoms with Gasteiger partial charge in [0, 0.05) is 19.7 Å². The molecule has 0 aromatic heterocycles. The smallest absolute Gasteiger partial charge is 0.161 e. The Balaban J connectivity index is 1.96. The second kappa shape index (κ2) is 7.50. The van der Waals surface area contributed by atoms with Crippen LogP contribution < -0.4 is 14.8 Å². The van der Waals surface area contributed by atoms with Crippen LogP contribution in [-0.4, -0.2) is 33.5 Å². The standard InChI is InChI=1S/C16H25NO3/c1-18-14-7-5-4-6-13(14)17-11-12-8-9-15(19-2)16(10-12)20-3/h8-10,13-14,17H,4-7,11H2,1-3H3/t13-,14+/m1/s1. The molecule has 0 radical (unpaired) electrons. The van der Waals surface area contributed by atoms with E-state index in [4.69, 9.17) is 14.2 Å². The SMILES string of the molecule is COc1ccc(CN[C@@H]2CCCC[C@@H]2OC)cc1OC. The third-order valence-corrected chi connectivity index (χ3v) is 4.02. The summed E-state index contributed by atoms with van der Waals surface area (Å²) in [6.07, 6.45) is 5.23. The zero-order valence-electron chi connectivity index (χ0n) is 12.6. The van der Waals surface area contributed by atoms with Gasteiger partial charge in [0.1, 0.15) is 0 Å². The second-order valence-electron chi connectivity index (χ2n) is 5.24. The molecule has 2 rings (SSSR count). The molecule has 4 nitrogen and oxygen atoms in total. The van der Waals surface area contributed by atoms with Crippen molar-refractivity contribution in [3.63, 3.8) is 0 Å². The predicted molar refractivity (Wildman–Crippen MR) is 79.4 cm³/mol. The molecule has 0 heterocycles. The van der Waals surface area contributed by atoms with Crippen molar-refractivity contribution in [1.29, 1.82) is 0 Å². The van der Waals surface area contributed by atoms with E-state index in [2.05, 4.69) is 11.4 Å². The first-order valence-electron chi connectivity index (χ1n) is 7.25. The lowest BCUT2D eigenvalue weighted by Crippen LogP contribution is -2.42. The number of hydrogen-bond donors (Lipinski definition) is 1. The van der Waals surface area contributed by atoms with Crippen LogP contribution in [0.4, 0.5) is 0 Å². The molecular formula is C16H25NO3. The number of nitrogens with one attached hydrogen (secondary N) is 1. The summed E-state index contributed by atoms with van der Waals surface area (Å²) in [6.45, 7) is 0.824. The summed E-state index contributed by atoms with van der Waals surface area (Å²) in [4.78, 5) is 0. The lowest BCUT2D eigenvalue weighted by Gasteiger charge is -2.31. The number of methoxy groups -OCH3 is 3. The van der Waals surface area contributed by atoms with Gasteiger partial charge in [0.05, 0.1) is 20.3 Å². The van der Waals surface area contributed by atoms with E-state index < -0.39 is 0 Å². The third kappa shape index (κ3) is 3.64. The van der Waals surface area contributed by atoms with E-state index in [1.54, 1.807) is 21.3 Å². The molecule has 0 spiro atoms. The van der Waals surface area contributed by atoms with E-state index in [1.807, 2.05) is 12.1 Å². The largest absolute Gasteiger partial charge is 0.493 e. The van der Waals surface area contributed by atoms with Crippen LogP contribution in [0.5, 0.6) is 11.5 Å². The third-order valence-electron chi connectivity index (χ3n) is 4.02. The van der Waals surface area contributed by atoms with Gasteiger partial charge >= 0.3 is 0 Å². The molecule has 1 saturated carbocycles. The summed E-state index contributed by atoms with van der Waals surface area (Å²) < 4.78 is 16.2. The summed E-state index contributed by atoms with van der Waals surface area (Å²) in [5, 5.41) is 3.61. The Bertz CT molecular complexity index is 422. The summed E-state index contributed by atoms with van der Waals surface area (Å²) >= 11 is 0. The van der Waals surface area contributed by atoms with Gasteiger partial charge in [-0.2, -0.15) is 0 Å². The van der Waals surface area contributed by atoms with Gasteiger partial charge in [0.15, 0.2) is 11.5 Å². The van der Waals surface area contributed by atoms with E-state index in [0.29, 0.717) is 12.1 Å². The highest BCUT2D eigenvalue weighted by atomic mass is 16.5. The maximum absolute atomic E-state index is 5.57. The molecule has 1 N–H and O–H groups in total. The maximum Gasteiger partial charge on any atom is 0.161 e. The molecule has 20 heavy (non-hydrogen) atoms. The van der Waals surface area contributed by atoms with Crippen LogP contribution in [0, 0.1) is 0 Å². The number of benzene rings is 1. The van der Waals surface area contributed by atoms with Crippen molar-refractivity contribution in [3.8, 4) is 11.5 Å². The Hall–Kier alpha value is -1.26. The van der Waals surface area contributed by atoms with Crippen LogP contribution in [0.15, 0.2) is 18.2 Å². The summed E-state index contributed by atoms with van der Waals surface area (Å²) in [5.74, 6) is 1.54. The Kier molecular flexibility index (Phi) is 5.68. The van der Waals surface area contributed by atoms with Crippen LogP contribution >= 0.6 is 0 Å². The average molecular weight is 279 g/mol. The zero-order chi connectivity index (χ0) is 14.4. The number of hydrogen-bond acceptors (Lipinski definition) is 4. The lowest BCUT2D eigenvalue weighted by molar-refractivity contribution is 0.0413. The van der Waals surface area contributed by atoms with E-state index >= 15 is 0 Å². The van der Waals surface area contributed by atoms with E-state index in [1.165, 1.54) is 24.8 Å². The molecule has 1 aromatic rings. The highest BCUT2D eigenvalue weighted by Crippen LogP contribution is 2.28. The highest BCUT2D eigenvalue weighted by Gasteiger charge is 2.24. The molecule has 112 valence electrons. The van der Waals surface area contributed by atoms with Gasteiger partial charge in [-0.25, -0.2) is 0 Å². The van der Waals surface area contributed by atoms with Gasteiger partial charge in [-0.1, -0.05) is 18.9 Å². The van der Waals surface area contributed by atoms with Gasteiger partial charge in [0.25, 0.3) is 0 Å². The Labute approximate surface area is 121 Å². The Morgan fingerprint density at radius 1 is 1.05 bits per heavy atom. The Morgan fingerprint density at radius 3 is 2.50 bits per heavy atom. The first-order chi connectivity index (χ1) is 9.78. The lowest BCUT2D eigenvalue weighted by atomic mass is 9.92. The highest BCUT2D eigenvalue weighted by molar-refractivity contribution is 5.42. The molecule has 1 aromatic carbocycles. The molecule has 2 atom stereocenters. The molecule has 0 bridgehead atoms. The monoisotopic (exact) mass is 279 g/mol. The normalized spacial score (nSPS) is 22.6. The Morgan fingerprint density at radius 2 is 1.80 bits per heavy atom. The first kappa shape index (κ1) is 15.1. The van der Waals surface area contributed by atoms with Crippen molar-refractivity contribution in [2.45, 2.75) is 44.4 Å². The minimum Gasteiger partial charge on any atom is -0.493 e. The summed E-state index contributed by atoms with van der Waals surface area (Å²) in [5.41, 5.74) is 1.20. The average Bonchev–Trinajstić information content (AvgIpc) is 2.52. The van der Waals surface area contributed by atoms with Crippen molar-refractivity contribution >= 4 is 0 Å². The minimum absolute atomic E-state index is 0.337. The van der Waals surface area contributed by atoms with Crippen molar-refractivity contribution < 1.29 is 14.2 Å². The molecule has 1 aliphatic rings. The van der Waals surface area contributed by atoms with E-state index in [0.717, 1.165) is 24.5 Å². The predicted octanol–water partition coefficient (Wildman–Crippen LogP) is 2.75. The zero-order valence-corrected chi connectivity index (χ0v) is 12.6. The quantitative estimate of drug-likeness (QED) is 0.869. The summed E-state index contributed by atoms with van der Waals surface area (Å²) in [6, 6.07) is 6.49. The van der Waals surface area contributed by atoms with E-state index in [9.17, 15) is 0 Å². The van der Waals surface area contributed by atoms with Crippen molar-refractivity contribution in [2.75, 3.05) is 21.3 Å². The molecule has 1 aliphatic carbocycles. The fourth-order valence-corrected chi connectivity index (χ4v) is 2.85. The van der Waals surface area contributed by atoms with Gasteiger partial charge in [0.2, 0.25) is 0 Å². The fourth-order valence-electron chi connectivity index (χ4n) is 2.85. The molecule has 0 unspecified atom stereocenters. The fraction of sp³-hybridized carbons (Fsp3) is 0.625.